The summed E-state index contributed by atoms with van der Waals surface area (Å²) in [5, 5.41) is 2.29. The molecule has 1 aliphatic heterocycles. The van der Waals surface area contributed by atoms with Gasteiger partial charge in [-0.25, -0.2) is 0 Å². The largest absolute Gasteiger partial charge is 0.286 e. The molecule has 1 aromatic heterocycles. The van der Waals surface area contributed by atoms with Crippen LogP contribution in [0.4, 0.5) is 0 Å². The lowest BCUT2D eigenvalue weighted by Gasteiger charge is -2.21. The van der Waals surface area contributed by atoms with Gasteiger partial charge in [-0.3, -0.25) is 8.99 Å². The van der Waals surface area contributed by atoms with Crippen molar-refractivity contribution in [3.63, 3.8) is 0 Å². The van der Waals surface area contributed by atoms with Crippen LogP contribution in [0.5, 0.6) is 0 Å². The third-order valence-electron chi connectivity index (χ3n) is 5.96. The molecular formula is C29H27NO. The summed E-state index contributed by atoms with van der Waals surface area (Å²) >= 11 is 0. The Kier molecular flexibility index (Phi) is 4.78. The number of aryl methyl sites for hydroxylation is 1. The van der Waals surface area contributed by atoms with E-state index in [-0.39, 0.29) is 0 Å². The molecule has 0 radical (unpaired) electrons. The molecule has 0 aliphatic carbocycles. The van der Waals surface area contributed by atoms with E-state index in [0.29, 0.717) is 5.92 Å². The lowest BCUT2D eigenvalue weighted by atomic mass is 9.92. The second-order valence-corrected chi connectivity index (χ2v) is 8.80. The van der Waals surface area contributed by atoms with E-state index in [1.54, 1.807) is 0 Å². The Hall–Kier alpha value is -3.52. The molecule has 3 aromatic carbocycles. The van der Waals surface area contributed by atoms with Crippen molar-refractivity contribution in [2.45, 2.75) is 27.2 Å². The first-order chi connectivity index (χ1) is 15.0. The summed E-state index contributed by atoms with van der Waals surface area (Å²) < 4.78 is 8.47. The normalized spacial score (nSPS) is 14.1. The summed E-state index contributed by atoms with van der Waals surface area (Å²) in [4.78, 5) is 0. The van der Waals surface area contributed by atoms with Crippen LogP contribution in [0.3, 0.4) is 0 Å². The third kappa shape index (κ3) is 3.48. The van der Waals surface area contributed by atoms with Crippen molar-refractivity contribution in [2.75, 3.05) is 0 Å². The number of nitrogens with zero attached hydrogens (tertiary/aromatic N) is 1. The van der Waals surface area contributed by atoms with Crippen LogP contribution in [0, 0.1) is 18.9 Å². The van der Waals surface area contributed by atoms with Crippen molar-refractivity contribution in [3.8, 4) is 11.1 Å². The van der Waals surface area contributed by atoms with Crippen LogP contribution >= 0.6 is 0 Å². The number of benzene rings is 3. The lowest BCUT2D eigenvalue weighted by Crippen LogP contribution is -2.16. The smallest absolute Gasteiger partial charge is 0.279 e. The molecular weight excluding hydrogens is 378 g/mol. The van der Waals surface area contributed by atoms with E-state index in [9.17, 15) is 0 Å². The van der Waals surface area contributed by atoms with Crippen LogP contribution in [0.15, 0.2) is 89.0 Å². The van der Waals surface area contributed by atoms with Crippen molar-refractivity contribution >= 4 is 28.7 Å². The number of fused-ring (bicyclic) bond motifs is 3. The van der Waals surface area contributed by atoms with E-state index in [1.807, 2.05) is 10.6 Å². The molecule has 154 valence electrons. The molecule has 0 unspecified atom stereocenters. The highest BCUT2D eigenvalue weighted by Crippen LogP contribution is 2.39. The topological polar surface area (TPSA) is 14.3 Å². The van der Waals surface area contributed by atoms with Gasteiger partial charge in [0.1, 0.15) is 6.20 Å². The predicted octanol–water partition coefficient (Wildman–Crippen LogP) is 7.65. The quantitative estimate of drug-likeness (QED) is 0.193. The van der Waals surface area contributed by atoms with E-state index >= 15 is 0 Å². The van der Waals surface area contributed by atoms with Crippen molar-refractivity contribution in [3.05, 3.63) is 102 Å². The summed E-state index contributed by atoms with van der Waals surface area (Å²) in [6.45, 7) is 10.9. The summed E-state index contributed by atoms with van der Waals surface area (Å²) in [5.74, 6) is 0.605. The minimum absolute atomic E-state index is 0.605. The van der Waals surface area contributed by atoms with Gasteiger partial charge in [0.2, 0.25) is 0 Å². The monoisotopic (exact) mass is 405 g/mol. The molecule has 2 heteroatoms. The first-order valence-corrected chi connectivity index (χ1v) is 10.9. The Morgan fingerprint density at radius 2 is 1.81 bits per heavy atom. The molecule has 2 heterocycles. The molecule has 0 spiro atoms. The summed E-state index contributed by atoms with van der Waals surface area (Å²) in [6.07, 6.45) is 7.53. The van der Waals surface area contributed by atoms with E-state index in [1.165, 1.54) is 16.7 Å². The minimum Gasteiger partial charge on any atom is -0.286 e. The standard InChI is InChI=1S/C29H27NO/c1-19(2)16-21-14-15-30(4)26(17-21)28-20(3)10-12-25-24-13-11-23(18-27(24)31-29(25)28)22-8-6-5-7-9-22/h5-15,17-19H,4,16H2,1-3H3. The van der Waals surface area contributed by atoms with Crippen LogP contribution in [-0.4, -0.2) is 11.3 Å². The van der Waals surface area contributed by atoms with Gasteiger partial charge in [-0.2, -0.15) is 0 Å². The first kappa shape index (κ1) is 19.4. The van der Waals surface area contributed by atoms with Crippen molar-refractivity contribution < 1.29 is 8.99 Å². The molecule has 0 saturated carbocycles. The Balaban J connectivity index is 1.68. The molecule has 0 amide bonds. The number of furan rings is 1. The Bertz CT molecular complexity index is 1350. The molecule has 4 aromatic rings. The molecule has 2 nitrogen and oxygen atoms in total. The van der Waals surface area contributed by atoms with Crippen LogP contribution in [0.25, 0.3) is 33.1 Å². The fourth-order valence-electron chi connectivity index (χ4n) is 4.45. The van der Waals surface area contributed by atoms with Crippen molar-refractivity contribution in [1.29, 1.82) is 0 Å². The Morgan fingerprint density at radius 3 is 2.58 bits per heavy atom. The molecule has 0 N–H and O–H groups in total. The van der Waals surface area contributed by atoms with Gasteiger partial charge in [0.15, 0.2) is 6.04 Å². The second kappa shape index (κ2) is 7.63. The zero-order valence-corrected chi connectivity index (χ0v) is 18.4. The van der Waals surface area contributed by atoms with Gasteiger partial charge in [-0.15, -0.1) is 12.1 Å². The fraction of sp³-hybridized carbons (Fsp3) is 0.172. The van der Waals surface area contributed by atoms with Crippen LogP contribution < -0.4 is 0 Å². The zero-order chi connectivity index (χ0) is 21.5. The van der Waals surface area contributed by atoms with E-state index in [4.69, 9.17) is 4.42 Å². The van der Waals surface area contributed by atoms with E-state index in [2.05, 4.69) is 100 Å². The predicted molar refractivity (Wildman–Crippen MR) is 130 cm³/mol. The van der Waals surface area contributed by atoms with E-state index in [0.717, 1.165) is 45.5 Å². The Labute approximate surface area is 183 Å². The maximum Gasteiger partial charge on any atom is 0.279 e. The summed E-state index contributed by atoms with van der Waals surface area (Å²) in [7, 11) is 0. The van der Waals surface area contributed by atoms with Crippen LogP contribution in [0.1, 0.15) is 31.4 Å². The maximum atomic E-state index is 6.52. The lowest BCUT2D eigenvalue weighted by molar-refractivity contribution is -0.418. The third-order valence-corrected chi connectivity index (χ3v) is 5.96. The number of hydrogen-bond acceptors (Lipinski definition) is 0. The number of hydrogen-bond donors (Lipinski definition) is 0. The summed E-state index contributed by atoms with van der Waals surface area (Å²) in [5.41, 5.74) is 7.83. The minimum atomic E-state index is 0.605. The van der Waals surface area contributed by atoms with Gasteiger partial charge in [0.25, 0.3) is 11.2 Å². The van der Waals surface area contributed by atoms with Crippen LogP contribution in [0.2, 0.25) is 0 Å². The molecule has 31 heavy (non-hydrogen) atoms. The van der Waals surface area contributed by atoms with Gasteiger partial charge in [-0.05, 0) is 35.3 Å². The summed E-state index contributed by atoms with van der Waals surface area (Å²) in [6, 6.07) is 22.4. The Morgan fingerprint density at radius 1 is 1.00 bits per heavy atom. The van der Waals surface area contributed by atoms with Crippen LogP contribution in [-0.2, 0) is 0 Å². The highest BCUT2D eigenvalue weighted by Gasteiger charge is 2.26. The second-order valence-electron chi connectivity index (χ2n) is 8.80. The van der Waals surface area contributed by atoms with Gasteiger partial charge in [-0.1, -0.05) is 91.6 Å². The van der Waals surface area contributed by atoms with Gasteiger partial charge in [0.05, 0.1) is 12.3 Å². The molecule has 0 fully saturated rings. The maximum absolute atomic E-state index is 6.52. The van der Waals surface area contributed by atoms with Gasteiger partial charge < -0.3 is 0 Å². The number of rotatable bonds is 4. The number of allylic oxidation sites excluding steroid dienone is 2. The molecule has 0 atom stereocenters. The first-order valence-electron chi connectivity index (χ1n) is 10.9. The highest BCUT2D eigenvalue weighted by atomic mass is 16.3. The van der Waals surface area contributed by atoms with Gasteiger partial charge in [0, 0.05) is 0 Å². The molecule has 1 aliphatic rings. The van der Waals surface area contributed by atoms with Crippen molar-refractivity contribution in [1.82, 2.24) is 0 Å². The van der Waals surface area contributed by atoms with E-state index < -0.39 is 0 Å². The zero-order valence-electron chi connectivity index (χ0n) is 18.4. The average molecular weight is 406 g/mol. The molecule has 5 rings (SSSR count). The average Bonchev–Trinajstić information content (AvgIpc) is 3.13. The SMILES string of the molecule is C=[N+]1C=CC(CC(C)C)=C[C-]1c1c(C)ccc2c1[o+][c-]1cc(-c3ccccc3)ccc21. The van der Waals surface area contributed by atoms with Crippen molar-refractivity contribution in [2.24, 2.45) is 5.92 Å². The fourth-order valence-corrected chi connectivity index (χ4v) is 4.45. The molecule has 0 saturated heterocycles. The molecule has 0 bridgehead atoms. The van der Waals surface area contributed by atoms with Gasteiger partial charge >= 0.3 is 0 Å². The highest BCUT2D eigenvalue weighted by molar-refractivity contribution is 6.07.